The van der Waals surface area contributed by atoms with Gasteiger partial charge in [0.2, 0.25) is 0 Å². The van der Waals surface area contributed by atoms with Crippen molar-refractivity contribution in [1.29, 1.82) is 0 Å². The SMILES string of the molecule is Nc1c(Cl)cc([N+](=O)[O-])cc1C(=O)NC1(C(F)(F)F)CC1. The Morgan fingerprint density at radius 1 is 1.43 bits per heavy atom. The third-order valence-electron chi connectivity index (χ3n) is 3.22. The standard InChI is InChI=1S/C11H9ClF3N3O3/c12-7-4-5(18(20)21)3-6(8(7)16)9(19)17-10(1-2-10)11(13,14)15/h3-4H,1-2,16H2,(H,17,19). The minimum Gasteiger partial charge on any atom is -0.397 e. The van der Waals surface area contributed by atoms with Crippen molar-refractivity contribution in [2.75, 3.05) is 5.73 Å². The molecular weight excluding hydrogens is 315 g/mol. The van der Waals surface area contributed by atoms with E-state index in [0.717, 1.165) is 12.1 Å². The molecule has 0 heterocycles. The van der Waals surface area contributed by atoms with Gasteiger partial charge in [0, 0.05) is 12.1 Å². The summed E-state index contributed by atoms with van der Waals surface area (Å²) in [6.07, 6.45) is -5.09. The topological polar surface area (TPSA) is 98.3 Å². The number of hydrogen-bond acceptors (Lipinski definition) is 4. The lowest BCUT2D eigenvalue weighted by atomic mass is 10.1. The predicted molar refractivity (Wildman–Crippen MR) is 68.0 cm³/mol. The highest BCUT2D eigenvalue weighted by molar-refractivity contribution is 6.34. The van der Waals surface area contributed by atoms with Crippen molar-refractivity contribution in [3.05, 3.63) is 32.8 Å². The number of alkyl halides is 3. The van der Waals surface area contributed by atoms with Crippen LogP contribution in [0.2, 0.25) is 5.02 Å². The highest BCUT2D eigenvalue weighted by Gasteiger charge is 2.64. The number of halogens is 4. The van der Waals surface area contributed by atoms with Crippen LogP contribution in [0.4, 0.5) is 24.5 Å². The second kappa shape index (κ2) is 4.76. The van der Waals surface area contributed by atoms with E-state index in [0.29, 0.717) is 0 Å². The number of nitro groups is 1. The zero-order chi connectivity index (χ0) is 16.0. The molecule has 0 bridgehead atoms. The molecule has 0 spiro atoms. The molecule has 1 amide bonds. The van der Waals surface area contributed by atoms with Crippen LogP contribution in [-0.2, 0) is 0 Å². The number of nitrogens with zero attached hydrogens (tertiary/aromatic N) is 1. The zero-order valence-electron chi connectivity index (χ0n) is 10.3. The Labute approximate surface area is 121 Å². The van der Waals surface area contributed by atoms with Crippen molar-refractivity contribution in [2.24, 2.45) is 0 Å². The number of nitrogen functional groups attached to an aromatic ring is 1. The summed E-state index contributed by atoms with van der Waals surface area (Å²) in [4.78, 5) is 21.8. The van der Waals surface area contributed by atoms with Gasteiger partial charge in [0.05, 0.1) is 21.2 Å². The first kappa shape index (κ1) is 15.4. The van der Waals surface area contributed by atoms with Crippen LogP contribution in [0.3, 0.4) is 0 Å². The molecule has 1 saturated carbocycles. The number of amides is 1. The van der Waals surface area contributed by atoms with Gasteiger partial charge in [0.25, 0.3) is 11.6 Å². The maximum absolute atomic E-state index is 12.8. The van der Waals surface area contributed by atoms with E-state index >= 15 is 0 Å². The Morgan fingerprint density at radius 2 is 2.00 bits per heavy atom. The molecule has 1 aromatic rings. The van der Waals surface area contributed by atoms with Crippen LogP contribution in [0.1, 0.15) is 23.2 Å². The van der Waals surface area contributed by atoms with Gasteiger partial charge in [-0.2, -0.15) is 13.2 Å². The van der Waals surface area contributed by atoms with Crippen molar-refractivity contribution in [2.45, 2.75) is 24.6 Å². The van der Waals surface area contributed by atoms with Crippen LogP contribution >= 0.6 is 11.6 Å². The van der Waals surface area contributed by atoms with Crippen molar-refractivity contribution in [3.8, 4) is 0 Å². The molecule has 114 valence electrons. The molecule has 21 heavy (non-hydrogen) atoms. The van der Waals surface area contributed by atoms with Gasteiger partial charge in [-0.15, -0.1) is 0 Å². The first-order valence-corrected chi connectivity index (χ1v) is 6.08. The molecule has 0 aromatic heterocycles. The number of nitro benzene ring substituents is 1. The average molecular weight is 324 g/mol. The monoisotopic (exact) mass is 323 g/mol. The quantitative estimate of drug-likeness (QED) is 0.507. The highest BCUT2D eigenvalue weighted by atomic mass is 35.5. The molecule has 10 heteroatoms. The summed E-state index contributed by atoms with van der Waals surface area (Å²) in [7, 11) is 0. The van der Waals surface area contributed by atoms with E-state index < -0.39 is 33.8 Å². The number of nitrogens with one attached hydrogen (secondary N) is 1. The highest BCUT2D eigenvalue weighted by Crippen LogP contribution is 2.49. The fourth-order valence-corrected chi connectivity index (χ4v) is 2.00. The number of benzene rings is 1. The van der Waals surface area contributed by atoms with Gasteiger partial charge in [-0.1, -0.05) is 11.6 Å². The Kier molecular flexibility index (Phi) is 3.48. The van der Waals surface area contributed by atoms with E-state index in [4.69, 9.17) is 17.3 Å². The van der Waals surface area contributed by atoms with E-state index in [9.17, 15) is 28.1 Å². The van der Waals surface area contributed by atoms with Crippen molar-refractivity contribution in [1.82, 2.24) is 5.32 Å². The first-order chi connectivity index (χ1) is 9.57. The van der Waals surface area contributed by atoms with Gasteiger partial charge >= 0.3 is 6.18 Å². The molecule has 1 aromatic carbocycles. The third-order valence-corrected chi connectivity index (χ3v) is 3.53. The smallest absolute Gasteiger partial charge is 0.397 e. The molecule has 0 unspecified atom stereocenters. The molecular formula is C11H9ClF3N3O3. The first-order valence-electron chi connectivity index (χ1n) is 5.70. The largest absolute Gasteiger partial charge is 0.411 e. The van der Waals surface area contributed by atoms with Gasteiger partial charge in [-0.3, -0.25) is 14.9 Å². The van der Waals surface area contributed by atoms with E-state index in [2.05, 4.69) is 0 Å². The van der Waals surface area contributed by atoms with Gasteiger partial charge in [-0.25, -0.2) is 0 Å². The molecule has 6 nitrogen and oxygen atoms in total. The molecule has 1 aliphatic carbocycles. The molecule has 3 N–H and O–H groups in total. The second-order valence-corrected chi connectivity index (χ2v) is 5.09. The molecule has 0 radical (unpaired) electrons. The lowest BCUT2D eigenvalue weighted by Gasteiger charge is -2.21. The van der Waals surface area contributed by atoms with Crippen LogP contribution in [0.5, 0.6) is 0 Å². The van der Waals surface area contributed by atoms with Crippen LogP contribution in [-0.4, -0.2) is 22.5 Å². The van der Waals surface area contributed by atoms with Crippen LogP contribution in [0.25, 0.3) is 0 Å². The lowest BCUT2D eigenvalue weighted by molar-refractivity contribution is -0.384. The zero-order valence-corrected chi connectivity index (χ0v) is 11.1. The van der Waals surface area contributed by atoms with Crippen molar-refractivity contribution >= 4 is 28.9 Å². The summed E-state index contributed by atoms with van der Waals surface area (Å²) in [6, 6.07) is 1.72. The molecule has 0 atom stereocenters. The Morgan fingerprint density at radius 3 is 2.43 bits per heavy atom. The van der Waals surface area contributed by atoms with Gasteiger partial charge < -0.3 is 11.1 Å². The summed E-state index contributed by atoms with van der Waals surface area (Å²) >= 11 is 5.65. The predicted octanol–water partition coefficient (Wildman–Crippen LogP) is 2.66. The van der Waals surface area contributed by atoms with E-state index in [-0.39, 0.29) is 23.6 Å². The summed E-state index contributed by atoms with van der Waals surface area (Å²) in [6.45, 7) is 0. The minimum atomic E-state index is -4.60. The average Bonchev–Trinajstić information content (AvgIpc) is 3.12. The molecule has 1 aliphatic rings. The van der Waals surface area contributed by atoms with Crippen molar-refractivity contribution < 1.29 is 22.9 Å². The summed E-state index contributed by atoms with van der Waals surface area (Å²) in [5.41, 5.74) is 1.93. The van der Waals surface area contributed by atoms with Gasteiger partial charge in [0.1, 0.15) is 5.54 Å². The summed E-state index contributed by atoms with van der Waals surface area (Å²) < 4.78 is 38.3. The molecule has 0 aliphatic heterocycles. The summed E-state index contributed by atoms with van der Waals surface area (Å²) in [5, 5.41) is 12.3. The van der Waals surface area contributed by atoms with Gasteiger partial charge in [-0.05, 0) is 12.8 Å². The Balaban J connectivity index is 2.34. The number of rotatable bonds is 3. The number of carbonyl (C=O) groups excluding carboxylic acids is 1. The number of non-ortho nitro benzene ring substituents is 1. The normalized spacial score (nSPS) is 16.4. The Bertz CT molecular complexity index is 629. The second-order valence-electron chi connectivity index (χ2n) is 4.68. The minimum absolute atomic E-state index is 0.245. The van der Waals surface area contributed by atoms with E-state index in [1.807, 2.05) is 5.32 Å². The number of anilines is 1. The van der Waals surface area contributed by atoms with Crippen molar-refractivity contribution in [3.63, 3.8) is 0 Å². The Hall–Kier alpha value is -2.03. The number of carbonyl (C=O) groups is 1. The molecule has 2 rings (SSSR count). The lowest BCUT2D eigenvalue weighted by Crippen LogP contribution is -2.48. The molecule has 0 saturated heterocycles. The maximum atomic E-state index is 12.8. The van der Waals surface area contributed by atoms with E-state index in [1.165, 1.54) is 0 Å². The summed E-state index contributed by atoms with van der Waals surface area (Å²) in [5.74, 6) is -1.15. The third kappa shape index (κ3) is 2.73. The van der Waals surface area contributed by atoms with Gasteiger partial charge in [0.15, 0.2) is 0 Å². The molecule has 1 fully saturated rings. The van der Waals surface area contributed by atoms with Crippen LogP contribution in [0.15, 0.2) is 12.1 Å². The number of hydrogen-bond donors (Lipinski definition) is 2. The fraction of sp³-hybridized carbons (Fsp3) is 0.364. The maximum Gasteiger partial charge on any atom is 0.411 e. The fourth-order valence-electron chi connectivity index (χ4n) is 1.79. The number of nitrogens with two attached hydrogens (primary N) is 1. The van der Waals surface area contributed by atoms with Crippen LogP contribution in [0, 0.1) is 10.1 Å². The van der Waals surface area contributed by atoms with E-state index in [1.54, 1.807) is 0 Å². The van der Waals surface area contributed by atoms with Crippen LogP contribution < -0.4 is 11.1 Å².